The normalized spacial score (nSPS) is 21.2. The van der Waals surface area contributed by atoms with E-state index in [1.54, 1.807) is 0 Å². The SMILES string of the molecule is CN=C(NCCSc1ccccc1)N1CCC(OCC2CCCCO2)CC1.I. The van der Waals surface area contributed by atoms with Crippen molar-refractivity contribution < 1.29 is 9.47 Å². The molecule has 0 spiro atoms. The van der Waals surface area contributed by atoms with E-state index in [4.69, 9.17) is 9.47 Å². The Morgan fingerprint density at radius 1 is 1.21 bits per heavy atom. The van der Waals surface area contributed by atoms with Gasteiger partial charge in [-0.05, 0) is 44.2 Å². The molecule has 0 amide bonds. The van der Waals surface area contributed by atoms with Crippen molar-refractivity contribution in [2.24, 2.45) is 4.99 Å². The number of aliphatic imine (C=N–C) groups is 1. The molecular weight excluding hydrogens is 485 g/mol. The Labute approximate surface area is 191 Å². The van der Waals surface area contributed by atoms with Crippen LogP contribution in [0.5, 0.6) is 0 Å². The maximum atomic E-state index is 6.12. The molecule has 2 aliphatic heterocycles. The second kappa shape index (κ2) is 13.7. The summed E-state index contributed by atoms with van der Waals surface area (Å²) in [5.74, 6) is 2.04. The van der Waals surface area contributed by atoms with Gasteiger partial charge < -0.3 is 19.7 Å². The number of hydrogen-bond donors (Lipinski definition) is 1. The Kier molecular flexibility index (Phi) is 11.6. The van der Waals surface area contributed by atoms with Gasteiger partial charge in [0.25, 0.3) is 0 Å². The summed E-state index contributed by atoms with van der Waals surface area (Å²) in [6, 6.07) is 10.5. The summed E-state index contributed by atoms with van der Waals surface area (Å²) < 4.78 is 11.9. The molecule has 1 aromatic carbocycles. The number of hydrogen-bond acceptors (Lipinski definition) is 4. The second-order valence-corrected chi connectivity index (χ2v) is 8.31. The molecule has 0 bridgehead atoms. The number of rotatable bonds is 7. The molecule has 0 aliphatic carbocycles. The largest absolute Gasteiger partial charge is 0.376 e. The fourth-order valence-corrected chi connectivity index (χ4v) is 4.39. The van der Waals surface area contributed by atoms with Crippen LogP contribution in [0.4, 0.5) is 0 Å². The first-order valence-corrected chi connectivity index (χ1v) is 11.2. The molecule has 2 heterocycles. The van der Waals surface area contributed by atoms with Crippen molar-refractivity contribution >= 4 is 41.7 Å². The van der Waals surface area contributed by atoms with Crippen LogP contribution in [0.1, 0.15) is 32.1 Å². The van der Waals surface area contributed by atoms with E-state index in [1.165, 1.54) is 17.7 Å². The lowest BCUT2D eigenvalue weighted by molar-refractivity contribution is -0.0721. The highest BCUT2D eigenvalue weighted by molar-refractivity contribution is 14.0. The molecule has 3 rings (SSSR count). The average Bonchev–Trinajstić information content (AvgIpc) is 2.74. The van der Waals surface area contributed by atoms with Gasteiger partial charge in [-0.2, -0.15) is 0 Å². The number of nitrogens with zero attached hydrogens (tertiary/aromatic N) is 2. The lowest BCUT2D eigenvalue weighted by atomic mass is 10.1. The molecule has 1 atom stereocenters. The maximum Gasteiger partial charge on any atom is 0.193 e. The van der Waals surface area contributed by atoms with Crippen molar-refractivity contribution in [3.05, 3.63) is 30.3 Å². The minimum atomic E-state index is 0. The summed E-state index contributed by atoms with van der Waals surface area (Å²) in [7, 11) is 1.87. The van der Waals surface area contributed by atoms with E-state index in [2.05, 4.69) is 45.5 Å². The van der Waals surface area contributed by atoms with Gasteiger partial charge in [-0.1, -0.05) is 18.2 Å². The van der Waals surface area contributed by atoms with Crippen molar-refractivity contribution in [3.63, 3.8) is 0 Å². The van der Waals surface area contributed by atoms with Gasteiger partial charge in [0, 0.05) is 43.9 Å². The molecule has 1 unspecified atom stereocenters. The van der Waals surface area contributed by atoms with Crippen LogP contribution in [-0.4, -0.2) is 68.7 Å². The van der Waals surface area contributed by atoms with Gasteiger partial charge in [-0.25, -0.2) is 0 Å². The van der Waals surface area contributed by atoms with E-state index in [9.17, 15) is 0 Å². The smallest absolute Gasteiger partial charge is 0.193 e. The Hall–Kier alpha value is -0.510. The van der Waals surface area contributed by atoms with Gasteiger partial charge in [0.1, 0.15) is 0 Å². The van der Waals surface area contributed by atoms with E-state index < -0.39 is 0 Å². The van der Waals surface area contributed by atoms with Crippen LogP contribution >= 0.6 is 35.7 Å². The zero-order valence-electron chi connectivity index (χ0n) is 16.8. The van der Waals surface area contributed by atoms with Crippen LogP contribution in [0.3, 0.4) is 0 Å². The summed E-state index contributed by atoms with van der Waals surface area (Å²) in [6.07, 6.45) is 6.42. The molecule has 158 valence electrons. The number of guanidine groups is 1. The van der Waals surface area contributed by atoms with Crippen molar-refractivity contribution in [3.8, 4) is 0 Å². The Morgan fingerprint density at radius 3 is 2.68 bits per heavy atom. The first-order valence-electron chi connectivity index (χ1n) is 10.2. The third-order valence-electron chi connectivity index (χ3n) is 5.14. The maximum absolute atomic E-state index is 6.12. The monoisotopic (exact) mass is 519 g/mol. The van der Waals surface area contributed by atoms with Crippen LogP contribution in [0.2, 0.25) is 0 Å². The molecule has 7 heteroatoms. The molecule has 2 saturated heterocycles. The van der Waals surface area contributed by atoms with Crippen molar-refractivity contribution in [1.29, 1.82) is 0 Å². The van der Waals surface area contributed by atoms with E-state index in [0.717, 1.165) is 63.8 Å². The molecule has 28 heavy (non-hydrogen) atoms. The van der Waals surface area contributed by atoms with Crippen LogP contribution in [0, 0.1) is 0 Å². The van der Waals surface area contributed by atoms with Crippen LogP contribution in [-0.2, 0) is 9.47 Å². The fourth-order valence-electron chi connectivity index (χ4n) is 3.60. The number of halogens is 1. The molecule has 0 radical (unpaired) electrons. The highest BCUT2D eigenvalue weighted by Gasteiger charge is 2.23. The molecule has 0 aromatic heterocycles. The first kappa shape index (κ1) is 23.8. The minimum Gasteiger partial charge on any atom is -0.376 e. The summed E-state index contributed by atoms with van der Waals surface area (Å²) in [5, 5.41) is 3.50. The quantitative estimate of drug-likeness (QED) is 0.194. The third kappa shape index (κ3) is 8.08. The number of thioether (sulfide) groups is 1. The van der Waals surface area contributed by atoms with Crippen molar-refractivity contribution in [2.45, 2.75) is 49.2 Å². The highest BCUT2D eigenvalue weighted by Crippen LogP contribution is 2.18. The van der Waals surface area contributed by atoms with Crippen LogP contribution < -0.4 is 5.32 Å². The molecule has 2 fully saturated rings. The molecule has 1 N–H and O–H groups in total. The van der Waals surface area contributed by atoms with Crippen molar-refractivity contribution in [2.75, 3.05) is 45.6 Å². The highest BCUT2D eigenvalue weighted by atomic mass is 127. The van der Waals surface area contributed by atoms with Crippen LogP contribution in [0.25, 0.3) is 0 Å². The van der Waals surface area contributed by atoms with E-state index >= 15 is 0 Å². The van der Waals surface area contributed by atoms with Gasteiger partial charge in [0.15, 0.2) is 5.96 Å². The molecule has 2 aliphatic rings. The Balaban J connectivity index is 0.00000280. The number of likely N-dealkylation sites (tertiary alicyclic amines) is 1. The molecule has 0 saturated carbocycles. The zero-order valence-corrected chi connectivity index (χ0v) is 20.0. The fraction of sp³-hybridized carbons (Fsp3) is 0.667. The van der Waals surface area contributed by atoms with Gasteiger partial charge in [0.05, 0.1) is 18.8 Å². The topological polar surface area (TPSA) is 46.1 Å². The predicted molar refractivity (Wildman–Crippen MR) is 128 cm³/mol. The lowest BCUT2D eigenvalue weighted by Crippen LogP contribution is -2.47. The standard InChI is InChI=1S/C21H33N3O2S.HI/c1-22-21(23-12-16-27-20-8-3-2-4-9-20)24-13-10-18(11-14-24)26-17-19-7-5-6-15-25-19;/h2-4,8-9,18-19H,5-7,10-17H2,1H3,(H,22,23);1H. The van der Waals surface area contributed by atoms with Crippen LogP contribution in [0.15, 0.2) is 40.2 Å². The lowest BCUT2D eigenvalue weighted by Gasteiger charge is -2.35. The van der Waals surface area contributed by atoms with E-state index in [0.29, 0.717) is 12.2 Å². The minimum absolute atomic E-state index is 0. The predicted octanol–water partition coefficient (Wildman–Crippen LogP) is 4.02. The molecule has 1 aromatic rings. The number of piperidine rings is 1. The molecule has 5 nitrogen and oxygen atoms in total. The van der Waals surface area contributed by atoms with E-state index in [1.807, 2.05) is 18.8 Å². The Morgan fingerprint density at radius 2 is 2.00 bits per heavy atom. The average molecular weight is 519 g/mol. The van der Waals surface area contributed by atoms with Gasteiger partial charge in [-0.15, -0.1) is 35.7 Å². The number of ether oxygens (including phenoxy) is 2. The summed E-state index contributed by atoms with van der Waals surface area (Å²) in [4.78, 5) is 8.13. The van der Waals surface area contributed by atoms with Gasteiger partial charge in [-0.3, -0.25) is 4.99 Å². The van der Waals surface area contributed by atoms with Crippen molar-refractivity contribution in [1.82, 2.24) is 10.2 Å². The number of benzene rings is 1. The Bertz CT molecular complexity index is 562. The zero-order chi connectivity index (χ0) is 18.7. The second-order valence-electron chi connectivity index (χ2n) is 7.14. The summed E-state index contributed by atoms with van der Waals surface area (Å²) >= 11 is 1.87. The van der Waals surface area contributed by atoms with Gasteiger partial charge in [0.2, 0.25) is 0 Å². The van der Waals surface area contributed by atoms with E-state index in [-0.39, 0.29) is 24.0 Å². The summed E-state index contributed by atoms with van der Waals surface area (Å²) in [6.45, 7) is 4.58. The van der Waals surface area contributed by atoms with Gasteiger partial charge >= 0.3 is 0 Å². The molecular formula is C21H34IN3O2S. The third-order valence-corrected chi connectivity index (χ3v) is 6.16. The number of nitrogens with one attached hydrogen (secondary N) is 1. The summed E-state index contributed by atoms with van der Waals surface area (Å²) in [5.41, 5.74) is 0. The first-order chi connectivity index (χ1) is 13.3.